The number of aromatic carboxylic acids is 1. The van der Waals surface area contributed by atoms with Crippen molar-refractivity contribution in [3.8, 4) is 22.6 Å². The molecule has 29 heavy (non-hydrogen) atoms. The number of carboxylic acid groups (broad SMARTS) is 1. The maximum absolute atomic E-state index is 14.1. The summed E-state index contributed by atoms with van der Waals surface area (Å²) in [6, 6.07) is 10.8. The van der Waals surface area contributed by atoms with E-state index in [1.807, 2.05) is 0 Å². The van der Waals surface area contributed by atoms with Gasteiger partial charge in [0.15, 0.2) is 0 Å². The van der Waals surface area contributed by atoms with Gasteiger partial charge in [0.2, 0.25) is 0 Å². The molecule has 0 aliphatic heterocycles. The molecule has 0 spiro atoms. The lowest BCUT2D eigenvalue weighted by Gasteiger charge is -2.11. The van der Waals surface area contributed by atoms with Gasteiger partial charge in [-0.2, -0.15) is 0 Å². The van der Waals surface area contributed by atoms with Crippen LogP contribution in [0.3, 0.4) is 0 Å². The maximum atomic E-state index is 14.1. The second kappa shape index (κ2) is 7.97. The number of halogens is 2. The first-order valence-electron chi connectivity index (χ1n) is 8.30. The zero-order chi connectivity index (χ0) is 21.1. The smallest absolute Gasteiger partial charge is 0.335 e. The van der Waals surface area contributed by atoms with E-state index in [2.05, 4.69) is 5.32 Å². The van der Waals surface area contributed by atoms with E-state index in [0.29, 0.717) is 0 Å². The molecule has 0 saturated carbocycles. The van der Waals surface area contributed by atoms with Gasteiger partial charge in [0.05, 0.1) is 18.4 Å². The molecule has 6 nitrogen and oxygen atoms in total. The van der Waals surface area contributed by atoms with Gasteiger partial charge < -0.3 is 20.3 Å². The van der Waals surface area contributed by atoms with Crippen LogP contribution >= 0.6 is 0 Å². The van der Waals surface area contributed by atoms with Crippen LogP contribution in [0, 0.1) is 11.6 Å². The van der Waals surface area contributed by atoms with Crippen molar-refractivity contribution in [1.82, 2.24) is 0 Å². The molecule has 3 aromatic carbocycles. The number of hydrogen-bond acceptors (Lipinski definition) is 4. The molecule has 148 valence electrons. The van der Waals surface area contributed by atoms with Crippen molar-refractivity contribution < 1.29 is 33.3 Å². The fraction of sp³-hybridized carbons (Fsp3) is 0.0476. The Bertz CT molecular complexity index is 1110. The fourth-order valence-corrected chi connectivity index (χ4v) is 2.70. The molecule has 0 radical (unpaired) electrons. The molecule has 0 atom stereocenters. The van der Waals surface area contributed by atoms with Crippen molar-refractivity contribution in [2.24, 2.45) is 0 Å². The Morgan fingerprint density at radius 1 is 0.966 bits per heavy atom. The van der Waals surface area contributed by atoms with Crippen molar-refractivity contribution in [1.29, 1.82) is 0 Å². The van der Waals surface area contributed by atoms with Crippen LogP contribution < -0.4 is 10.1 Å². The van der Waals surface area contributed by atoms with Gasteiger partial charge in [0, 0.05) is 17.2 Å². The van der Waals surface area contributed by atoms with Crippen LogP contribution in [0.5, 0.6) is 11.5 Å². The van der Waals surface area contributed by atoms with Gasteiger partial charge in [-0.1, -0.05) is 0 Å². The normalized spacial score (nSPS) is 10.4. The first-order valence-corrected chi connectivity index (χ1v) is 8.30. The molecule has 0 saturated heterocycles. The molecular formula is C21H15F2NO5. The number of carboxylic acids is 1. The first-order chi connectivity index (χ1) is 13.8. The number of anilines is 1. The predicted molar refractivity (Wildman–Crippen MR) is 101 cm³/mol. The number of carbonyl (C=O) groups excluding carboxylic acids is 1. The highest BCUT2D eigenvalue weighted by Gasteiger charge is 2.15. The second-order valence-corrected chi connectivity index (χ2v) is 6.07. The monoisotopic (exact) mass is 399 g/mol. The molecule has 0 aromatic heterocycles. The molecular weight excluding hydrogens is 384 g/mol. The van der Waals surface area contributed by atoms with Crippen LogP contribution in [-0.2, 0) is 0 Å². The van der Waals surface area contributed by atoms with Crippen LogP contribution in [0.25, 0.3) is 11.1 Å². The Kier molecular flexibility index (Phi) is 5.45. The van der Waals surface area contributed by atoms with Gasteiger partial charge in [-0.25, -0.2) is 13.6 Å². The minimum atomic E-state index is -1.23. The molecule has 1 amide bonds. The number of benzene rings is 3. The van der Waals surface area contributed by atoms with Crippen LogP contribution in [0.4, 0.5) is 14.5 Å². The summed E-state index contributed by atoms with van der Waals surface area (Å²) in [7, 11) is 1.37. The van der Waals surface area contributed by atoms with E-state index in [4.69, 9.17) is 9.84 Å². The SMILES string of the molecule is COc1ccc(NC(=O)c2cc(F)cc(-c3ccc(C(=O)O)cc3O)c2)c(F)c1. The Hall–Kier alpha value is -3.94. The molecule has 0 heterocycles. The van der Waals surface area contributed by atoms with E-state index in [-0.39, 0.29) is 39.4 Å². The lowest BCUT2D eigenvalue weighted by molar-refractivity contribution is 0.0696. The number of phenols is 1. The zero-order valence-corrected chi connectivity index (χ0v) is 15.1. The summed E-state index contributed by atoms with van der Waals surface area (Å²) in [6.07, 6.45) is 0. The highest BCUT2D eigenvalue weighted by Crippen LogP contribution is 2.31. The van der Waals surface area contributed by atoms with Gasteiger partial charge >= 0.3 is 5.97 Å². The number of aromatic hydroxyl groups is 1. The van der Waals surface area contributed by atoms with Gasteiger partial charge in [0.25, 0.3) is 5.91 Å². The Balaban J connectivity index is 1.93. The first kappa shape index (κ1) is 19.8. The molecule has 8 heteroatoms. The number of carbonyl (C=O) groups is 2. The Labute approximate surface area is 164 Å². The van der Waals surface area contributed by atoms with Crippen molar-refractivity contribution in [3.05, 3.63) is 77.4 Å². The molecule has 0 aliphatic carbocycles. The average molecular weight is 399 g/mol. The van der Waals surface area contributed by atoms with E-state index in [9.17, 15) is 23.5 Å². The third-order valence-corrected chi connectivity index (χ3v) is 4.14. The van der Waals surface area contributed by atoms with Gasteiger partial charge in [0.1, 0.15) is 23.1 Å². The molecule has 3 rings (SSSR count). The summed E-state index contributed by atoms with van der Waals surface area (Å²) >= 11 is 0. The van der Waals surface area contributed by atoms with Crippen molar-refractivity contribution >= 4 is 17.6 Å². The lowest BCUT2D eigenvalue weighted by atomic mass is 10.00. The van der Waals surface area contributed by atoms with E-state index in [1.165, 1.54) is 37.4 Å². The standard InChI is InChI=1S/C21H15F2NO5/c1-29-15-3-5-18(17(23)10-15)24-20(26)13-6-12(7-14(22)8-13)16-4-2-11(21(27)28)9-19(16)25/h2-10,25H,1H3,(H,24,26)(H,27,28). The average Bonchev–Trinajstić information content (AvgIpc) is 2.68. The summed E-state index contributed by atoms with van der Waals surface area (Å²) < 4.78 is 33.0. The van der Waals surface area contributed by atoms with Gasteiger partial charge in [-0.3, -0.25) is 4.79 Å². The number of rotatable bonds is 5. The number of hydrogen-bond donors (Lipinski definition) is 3. The maximum Gasteiger partial charge on any atom is 0.335 e. The minimum absolute atomic E-state index is 0.114. The van der Waals surface area contributed by atoms with E-state index < -0.39 is 23.5 Å². The molecule has 3 N–H and O–H groups in total. The molecule has 3 aromatic rings. The predicted octanol–water partition coefficient (Wildman–Crippen LogP) is 4.30. The van der Waals surface area contributed by atoms with Crippen LogP contribution in [0.1, 0.15) is 20.7 Å². The fourth-order valence-electron chi connectivity index (χ4n) is 2.70. The minimum Gasteiger partial charge on any atom is -0.507 e. The summed E-state index contributed by atoms with van der Waals surface area (Å²) in [5.74, 6) is -3.60. The molecule has 0 fully saturated rings. The van der Waals surface area contributed by atoms with E-state index >= 15 is 0 Å². The number of amides is 1. The van der Waals surface area contributed by atoms with Crippen molar-refractivity contribution in [2.45, 2.75) is 0 Å². The Morgan fingerprint density at radius 2 is 1.72 bits per heavy atom. The van der Waals surface area contributed by atoms with Crippen molar-refractivity contribution in [2.75, 3.05) is 12.4 Å². The van der Waals surface area contributed by atoms with Crippen LogP contribution in [0.15, 0.2) is 54.6 Å². The third-order valence-electron chi connectivity index (χ3n) is 4.14. The zero-order valence-electron chi connectivity index (χ0n) is 15.1. The van der Waals surface area contributed by atoms with Gasteiger partial charge in [-0.05, 0) is 54.1 Å². The highest BCUT2D eigenvalue weighted by molar-refractivity contribution is 6.05. The quantitative estimate of drug-likeness (QED) is 0.595. The number of phenolic OH excluding ortho intramolecular Hbond substituents is 1. The van der Waals surface area contributed by atoms with Crippen molar-refractivity contribution in [3.63, 3.8) is 0 Å². The second-order valence-electron chi connectivity index (χ2n) is 6.07. The lowest BCUT2D eigenvalue weighted by Crippen LogP contribution is -2.13. The number of methoxy groups -OCH3 is 1. The van der Waals surface area contributed by atoms with Gasteiger partial charge in [-0.15, -0.1) is 0 Å². The van der Waals surface area contributed by atoms with E-state index in [0.717, 1.165) is 24.3 Å². The third kappa shape index (κ3) is 4.32. The summed E-state index contributed by atoms with van der Waals surface area (Å²) in [5.41, 5.74) is -0.0817. The topological polar surface area (TPSA) is 95.9 Å². The molecule has 0 unspecified atom stereocenters. The summed E-state index contributed by atoms with van der Waals surface area (Å²) in [5, 5.41) is 21.4. The largest absolute Gasteiger partial charge is 0.507 e. The van der Waals surface area contributed by atoms with Crippen LogP contribution in [-0.4, -0.2) is 29.2 Å². The molecule has 0 aliphatic rings. The molecule has 0 bridgehead atoms. The van der Waals surface area contributed by atoms with E-state index in [1.54, 1.807) is 0 Å². The number of nitrogens with one attached hydrogen (secondary N) is 1. The summed E-state index contributed by atoms with van der Waals surface area (Å²) in [6.45, 7) is 0. The summed E-state index contributed by atoms with van der Waals surface area (Å²) in [4.78, 5) is 23.4. The highest BCUT2D eigenvalue weighted by atomic mass is 19.1. The van der Waals surface area contributed by atoms with Crippen LogP contribution in [0.2, 0.25) is 0 Å². The number of ether oxygens (including phenoxy) is 1. The Morgan fingerprint density at radius 3 is 2.34 bits per heavy atom.